The Kier molecular flexibility index (Phi) is 5.30. The third-order valence-electron chi connectivity index (χ3n) is 3.51. The molecule has 0 saturated carbocycles. The molecule has 8 heteroatoms. The number of nitrogens with zero attached hydrogens (tertiary/aromatic N) is 2. The summed E-state index contributed by atoms with van der Waals surface area (Å²) in [6, 6.07) is 2.18. The molecule has 7 nitrogen and oxygen atoms in total. The fourth-order valence-corrected chi connectivity index (χ4v) is 3.74. The number of rotatable bonds is 6. The van der Waals surface area contributed by atoms with E-state index in [1.54, 1.807) is 6.92 Å². The van der Waals surface area contributed by atoms with E-state index >= 15 is 0 Å². The van der Waals surface area contributed by atoms with E-state index in [1.165, 1.54) is 17.4 Å². The average Bonchev–Trinajstić information content (AvgIpc) is 2.37. The highest BCUT2D eigenvalue weighted by molar-refractivity contribution is 7.89. The highest BCUT2D eigenvalue weighted by Gasteiger charge is 2.29. The summed E-state index contributed by atoms with van der Waals surface area (Å²) in [6.07, 6.45) is 1.56. The summed E-state index contributed by atoms with van der Waals surface area (Å²) in [5, 5.41) is 10.9. The van der Waals surface area contributed by atoms with Crippen LogP contribution in [0.25, 0.3) is 0 Å². The molecule has 1 atom stereocenters. The first kappa shape index (κ1) is 17.4. The number of sulfonamides is 1. The molecule has 1 rings (SSSR count). The molecule has 0 amide bonds. The van der Waals surface area contributed by atoms with Gasteiger partial charge in [-0.25, -0.2) is 8.42 Å². The Morgan fingerprint density at radius 3 is 2.48 bits per heavy atom. The van der Waals surface area contributed by atoms with Crippen LogP contribution >= 0.6 is 0 Å². The number of aryl methyl sites for hydroxylation is 1. The summed E-state index contributed by atoms with van der Waals surface area (Å²) in [5.41, 5.74) is 5.53. The lowest BCUT2D eigenvalue weighted by Gasteiger charge is -2.24. The molecular formula is C13H21N3O4S. The van der Waals surface area contributed by atoms with E-state index in [0.717, 1.165) is 12.5 Å². The van der Waals surface area contributed by atoms with Gasteiger partial charge < -0.3 is 5.73 Å². The maximum absolute atomic E-state index is 12.6. The standard InChI is InChI=1S/C13H21N3O4S/c1-5-6-10(3)15(4)21(19,20)13-8-12(16(17)18)11(14)7-9(13)2/h7-8,10H,5-6,14H2,1-4H3. The second-order valence-electron chi connectivity index (χ2n) is 5.09. The van der Waals surface area contributed by atoms with Crippen LogP contribution in [0.1, 0.15) is 32.3 Å². The van der Waals surface area contributed by atoms with Gasteiger partial charge in [-0.2, -0.15) is 4.31 Å². The highest BCUT2D eigenvalue weighted by Crippen LogP contribution is 2.30. The van der Waals surface area contributed by atoms with Crippen molar-refractivity contribution in [1.82, 2.24) is 4.31 Å². The number of nitrogen functional groups attached to an aromatic ring is 1. The van der Waals surface area contributed by atoms with Crippen molar-refractivity contribution in [1.29, 1.82) is 0 Å². The maximum atomic E-state index is 12.6. The highest BCUT2D eigenvalue weighted by atomic mass is 32.2. The van der Waals surface area contributed by atoms with E-state index in [0.29, 0.717) is 12.0 Å². The van der Waals surface area contributed by atoms with Crippen LogP contribution < -0.4 is 5.73 Å². The molecule has 118 valence electrons. The molecule has 0 aromatic heterocycles. The summed E-state index contributed by atoms with van der Waals surface area (Å²) >= 11 is 0. The molecule has 1 aromatic carbocycles. The lowest BCUT2D eigenvalue weighted by atomic mass is 10.2. The van der Waals surface area contributed by atoms with Gasteiger partial charge in [0, 0.05) is 19.2 Å². The van der Waals surface area contributed by atoms with Gasteiger partial charge in [-0.1, -0.05) is 13.3 Å². The number of nitro groups is 1. The van der Waals surface area contributed by atoms with Crippen LogP contribution in [0.4, 0.5) is 11.4 Å². The van der Waals surface area contributed by atoms with Gasteiger partial charge >= 0.3 is 0 Å². The first-order chi connectivity index (χ1) is 9.62. The largest absolute Gasteiger partial charge is 0.393 e. The van der Waals surface area contributed by atoms with E-state index in [4.69, 9.17) is 5.73 Å². The Labute approximate surface area is 124 Å². The summed E-state index contributed by atoms with van der Waals surface area (Å²) in [4.78, 5) is 10.2. The molecule has 1 aromatic rings. The quantitative estimate of drug-likeness (QED) is 0.492. The molecule has 21 heavy (non-hydrogen) atoms. The minimum Gasteiger partial charge on any atom is -0.393 e. The number of hydrogen-bond donors (Lipinski definition) is 1. The monoisotopic (exact) mass is 315 g/mol. The molecule has 0 radical (unpaired) electrons. The van der Waals surface area contributed by atoms with E-state index in [-0.39, 0.29) is 16.6 Å². The van der Waals surface area contributed by atoms with Gasteiger partial charge in [0.15, 0.2) is 0 Å². The Bertz CT molecular complexity index is 643. The van der Waals surface area contributed by atoms with Gasteiger partial charge in [-0.05, 0) is 31.9 Å². The maximum Gasteiger partial charge on any atom is 0.293 e. The van der Waals surface area contributed by atoms with Crippen LogP contribution in [-0.2, 0) is 10.0 Å². The zero-order valence-electron chi connectivity index (χ0n) is 12.7. The molecule has 0 heterocycles. The summed E-state index contributed by atoms with van der Waals surface area (Å²) < 4.78 is 26.5. The van der Waals surface area contributed by atoms with Crippen molar-refractivity contribution < 1.29 is 13.3 Å². The predicted octanol–water partition coefficient (Wildman–Crippen LogP) is 2.29. The van der Waals surface area contributed by atoms with Gasteiger partial charge in [0.2, 0.25) is 10.0 Å². The Morgan fingerprint density at radius 1 is 1.43 bits per heavy atom. The first-order valence-corrected chi connectivity index (χ1v) is 8.09. The molecule has 0 spiro atoms. The Morgan fingerprint density at radius 2 is 2.00 bits per heavy atom. The fourth-order valence-electron chi connectivity index (χ4n) is 2.13. The summed E-state index contributed by atoms with van der Waals surface area (Å²) in [7, 11) is -2.31. The lowest BCUT2D eigenvalue weighted by Crippen LogP contribution is -2.35. The Balaban J connectivity index is 3.38. The zero-order chi connectivity index (χ0) is 16.4. The van der Waals surface area contributed by atoms with E-state index in [1.807, 2.05) is 13.8 Å². The summed E-state index contributed by atoms with van der Waals surface area (Å²) in [5.74, 6) is 0. The van der Waals surface area contributed by atoms with Crippen molar-refractivity contribution in [3.05, 3.63) is 27.8 Å². The van der Waals surface area contributed by atoms with Crippen LogP contribution in [0.5, 0.6) is 0 Å². The third-order valence-corrected chi connectivity index (χ3v) is 5.62. The number of benzene rings is 1. The van der Waals surface area contributed by atoms with Crippen molar-refractivity contribution in [2.24, 2.45) is 0 Å². The fraction of sp³-hybridized carbons (Fsp3) is 0.538. The molecule has 0 fully saturated rings. The Hall–Kier alpha value is -1.67. The normalized spacial score (nSPS) is 13.4. The molecule has 0 aliphatic rings. The van der Waals surface area contributed by atoms with Crippen LogP contribution in [0.2, 0.25) is 0 Å². The average molecular weight is 315 g/mol. The predicted molar refractivity (Wildman–Crippen MR) is 81.6 cm³/mol. The van der Waals surface area contributed by atoms with Crippen molar-refractivity contribution in [3.8, 4) is 0 Å². The van der Waals surface area contributed by atoms with Crippen molar-refractivity contribution in [3.63, 3.8) is 0 Å². The SMILES string of the molecule is CCCC(C)N(C)S(=O)(=O)c1cc([N+](=O)[O-])c(N)cc1C. The second-order valence-corrected chi connectivity index (χ2v) is 7.06. The first-order valence-electron chi connectivity index (χ1n) is 6.65. The number of anilines is 1. The van der Waals surface area contributed by atoms with Crippen LogP contribution in [0, 0.1) is 17.0 Å². The van der Waals surface area contributed by atoms with Crippen LogP contribution in [-0.4, -0.2) is 30.7 Å². The topological polar surface area (TPSA) is 107 Å². The van der Waals surface area contributed by atoms with Gasteiger partial charge in [0.1, 0.15) is 5.69 Å². The zero-order valence-corrected chi connectivity index (χ0v) is 13.5. The molecule has 0 aliphatic heterocycles. The molecule has 2 N–H and O–H groups in total. The van der Waals surface area contributed by atoms with Crippen molar-refractivity contribution in [2.75, 3.05) is 12.8 Å². The number of nitro benzene ring substituents is 1. The van der Waals surface area contributed by atoms with Gasteiger partial charge in [0.25, 0.3) is 5.69 Å². The number of hydrogen-bond acceptors (Lipinski definition) is 5. The molecular weight excluding hydrogens is 294 g/mol. The molecule has 1 unspecified atom stereocenters. The minimum absolute atomic E-state index is 0.0410. The van der Waals surface area contributed by atoms with E-state index in [2.05, 4.69) is 0 Å². The molecule has 0 bridgehead atoms. The third kappa shape index (κ3) is 3.51. The molecule has 0 aliphatic carbocycles. The number of nitrogens with two attached hydrogens (primary N) is 1. The lowest BCUT2D eigenvalue weighted by molar-refractivity contribution is -0.384. The van der Waals surface area contributed by atoms with E-state index < -0.39 is 20.6 Å². The van der Waals surface area contributed by atoms with E-state index in [9.17, 15) is 18.5 Å². The van der Waals surface area contributed by atoms with Gasteiger partial charge in [-0.3, -0.25) is 10.1 Å². The van der Waals surface area contributed by atoms with Crippen LogP contribution in [0.15, 0.2) is 17.0 Å². The second kappa shape index (κ2) is 6.40. The van der Waals surface area contributed by atoms with Gasteiger partial charge in [-0.15, -0.1) is 0 Å². The van der Waals surface area contributed by atoms with Crippen molar-refractivity contribution >= 4 is 21.4 Å². The van der Waals surface area contributed by atoms with Gasteiger partial charge in [0.05, 0.1) is 9.82 Å². The summed E-state index contributed by atoms with van der Waals surface area (Å²) in [6.45, 7) is 5.35. The molecule has 0 saturated heterocycles. The van der Waals surface area contributed by atoms with Crippen LogP contribution in [0.3, 0.4) is 0 Å². The van der Waals surface area contributed by atoms with Crippen molar-refractivity contribution in [2.45, 2.75) is 44.6 Å². The minimum atomic E-state index is -3.79. The smallest absolute Gasteiger partial charge is 0.293 e.